The Hall–Kier alpha value is -0.850. The molecule has 3 heterocycles. The number of carbonyl (C=O) groups is 1. The molecule has 3 aliphatic heterocycles. The van der Waals surface area contributed by atoms with Crippen LogP contribution in [0.3, 0.4) is 0 Å². The van der Waals surface area contributed by atoms with Crippen LogP contribution in [0.1, 0.15) is 113 Å². The number of hydrogen-bond acceptors (Lipinski definition) is 10. The molecule has 8 rings (SSSR count). The van der Waals surface area contributed by atoms with Crippen LogP contribution in [0.5, 0.6) is 0 Å². The number of rotatable bonds is 4. The van der Waals surface area contributed by atoms with E-state index in [0.29, 0.717) is 18.3 Å². The Morgan fingerprint density at radius 3 is 2.23 bits per heavy atom. The summed E-state index contributed by atoms with van der Waals surface area (Å²) in [4.78, 5) is 12.9. The van der Waals surface area contributed by atoms with Gasteiger partial charge in [-0.3, -0.25) is 4.79 Å². The molecule has 10 nitrogen and oxygen atoms in total. The summed E-state index contributed by atoms with van der Waals surface area (Å²) in [6.07, 6.45) is 2.97. The lowest BCUT2D eigenvalue weighted by atomic mass is 9.41. The van der Waals surface area contributed by atoms with Crippen molar-refractivity contribution in [3.8, 4) is 0 Å². The number of aliphatic hydroxyl groups is 4. The fourth-order valence-corrected chi connectivity index (χ4v) is 14.2. The summed E-state index contributed by atoms with van der Waals surface area (Å²) >= 11 is 0. The monoisotopic (exact) mass is 662 g/mol. The summed E-state index contributed by atoms with van der Waals surface area (Å²) in [6.45, 7) is 16.6. The zero-order chi connectivity index (χ0) is 34.0. The molecule has 4 N–H and O–H groups in total. The Labute approximate surface area is 279 Å². The first-order chi connectivity index (χ1) is 21.7. The van der Waals surface area contributed by atoms with Crippen LogP contribution in [0.4, 0.5) is 0 Å². The summed E-state index contributed by atoms with van der Waals surface area (Å²) in [5, 5.41) is 42.3. The minimum Gasteiger partial charge on any atom is -0.459 e. The molecule has 10 heteroatoms. The van der Waals surface area contributed by atoms with Gasteiger partial charge in [0.2, 0.25) is 0 Å². The normalized spacial score (nSPS) is 58.8. The number of esters is 1. The Morgan fingerprint density at radius 1 is 0.872 bits per heavy atom. The highest BCUT2D eigenvalue weighted by Crippen LogP contribution is 2.90. The molecule has 0 amide bonds. The SMILES string of the molecule is CC(=O)O[C@H]1[C@@H]2O[C@@]3(C(C)(C)O)CC[C@](C)(O3)C2C2(C)CC[C@@]34C[C@@]35CC[C@H](O[C@@H]3OC[C@@H](O)[C@H](O)[C@H]3O)C(C)(C)C5CCC4[C@]12C. The van der Waals surface area contributed by atoms with Gasteiger partial charge in [0, 0.05) is 24.7 Å². The summed E-state index contributed by atoms with van der Waals surface area (Å²) < 4.78 is 32.5. The second-order valence-electron chi connectivity index (χ2n) is 18.9. The maximum atomic E-state index is 12.9. The fourth-order valence-electron chi connectivity index (χ4n) is 14.2. The number of carbonyl (C=O) groups excluding carboxylic acids is 1. The van der Waals surface area contributed by atoms with Crippen molar-refractivity contribution in [2.24, 2.45) is 44.8 Å². The molecule has 3 saturated heterocycles. The maximum Gasteiger partial charge on any atom is 0.303 e. The van der Waals surface area contributed by atoms with Crippen LogP contribution in [0, 0.1) is 44.8 Å². The van der Waals surface area contributed by atoms with Gasteiger partial charge in [0.05, 0.1) is 18.3 Å². The molecule has 0 aromatic heterocycles. The minimum atomic E-state index is -1.30. The molecule has 0 aromatic carbocycles. The lowest BCUT2D eigenvalue weighted by Gasteiger charge is -2.64. The third-order valence-electron chi connectivity index (χ3n) is 16.4. The van der Waals surface area contributed by atoms with Gasteiger partial charge < -0.3 is 44.1 Å². The first kappa shape index (κ1) is 33.3. The van der Waals surface area contributed by atoms with Crippen LogP contribution in [0.25, 0.3) is 0 Å². The van der Waals surface area contributed by atoms with Crippen LogP contribution < -0.4 is 0 Å². The number of ether oxygens (including phenoxy) is 5. The van der Waals surface area contributed by atoms with Crippen molar-refractivity contribution in [1.29, 1.82) is 0 Å². The lowest BCUT2D eigenvalue weighted by molar-refractivity contribution is -0.388. The summed E-state index contributed by atoms with van der Waals surface area (Å²) in [5.74, 6) is -0.632. The standard InChI is InChI=1S/C37H58O10/c1-19(38)44-28-26-27(33(7)14-16-37(46-26,47-33)31(4,5)42)32(6)13-15-36-18-35(36)12-11-23(45-29-25(41)24(40)20(39)17-43-29)30(2,3)21(35)9-10-22(36)34(28,32)8/h20-29,39-42H,9-18H2,1-8H3/t20-,21?,22?,23+,24+,25-,26-,27?,28+,29+,32?,33+,34-,35-,36+,37+/m1/s1. The molecular formula is C37H58O10. The van der Waals surface area contributed by atoms with E-state index in [2.05, 4.69) is 34.6 Å². The van der Waals surface area contributed by atoms with E-state index in [1.54, 1.807) is 13.8 Å². The summed E-state index contributed by atoms with van der Waals surface area (Å²) in [7, 11) is 0. The molecule has 5 saturated carbocycles. The van der Waals surface area contributed by atoms with Crippen molar-refractivity contribution < 1.29 is 48.9 Å². The topological polar surface area (TPSA) is 144 Å². The predicted octanol–water partition coefficient (Wildman–Crippen LogP) is 3.84. The molecule has 16 atom stereocenters. The van der Waals surface area contributed by atoms with E-state index in [0.717, 1.165) is 51.4 Å². The second kappa shape index (κ2) is 9.72. The van der Waals surface area contributed by atoms with Crippen molar-refractivity contribution in [2.75, 3.05) is 6.61 Å². The molecule has 266 valence electrons. The average Bonchev–Trinajstić information content (AvgIpc) is 3.49. The Morgan fingerprint density at radius 2 is 1.55 bits per heavy atom. The van der Waals surface area contributed by atoms with Crippen LogP contribution in [-0.4, -0.2) is 92.9 Å². The van der Waals surface area contributed by atoms with Gasteiger partial charge in [-0.2, -0.15) is 0 Å². The van der Waals surface area contributed by atoms with Crippen molar-refractivity contribution in [1.82, 2.24) is 0 Å². The van der Waals surface area contributed by atoms with Gasteiger partial charge in [-0.15, -0.1) is 0 Å². The first-order valence-corrected chi connectivity index (χ1v) is 18.3. The van der Waals surface area contributed by atoms with Gasteiger partial charge in [0.1, 0.15) is 36.1 Å². The van der Waals surface area contributed by atoms with Crippen LogP contribution >= 0.6 is 0 Å². The number of aliphatic hydroxyl groups excluding tert-OH is 3. The first-order valence-electron chi connectivity index (χ1n) is 18.3. The lowest BCUT2D eigenvalue weighted by Crippen LogP contribution is -2.63. The molecule has 8 fully saturated rings. The molecule has 8 aliphatic rings. The third kappa shape index (κ3) is 3.88. The zero-order valence-electron chi connectivity index (χ0n) is 29.6. The molecule has 0 radical (unpaired) electrons. The van der Waals surface area contributed by atoms with Gasteiger partial charge in [-0.1, -0.05) is 27.7 Å². The quantitative estimate of drug-likeness (QED) is 0.259. The molecule has 5 aliphatic carbocycles. The summed E-state index contributed by atoms with van der Waals surface area (Å²) in [5.41, 5.74) is -2.14. The van der Waals surface area contributed by atoms with Crippen LogP contribution in [0.2, 0.25) is 0 Å². The van der Waals surface area contributed by atoms with E-state index in [9.17, 15) is 25.2 Å². The number of hydrogen-bond donors (Lipinski definition) is 4. The Kier molecular flexibility index (Phi) is 6.89. The summed E-state index contributed by atoms with van der Waals surface area (Å²) in [6, 6.07) is 0. The highest BCUT2D eigenvalue weighted by molar-refractivity contribution is 5.66. The van der Waals surface area contributed by atoms with Gasteiger partial charge in [-0.25, -0.2) is 0 Å². The van der Waals surface area contributed by atoms with Gasteiger partial charge in [0.15, 0.2) is 12.1 Å². The highest BCUT2D eigenvalue weighted by atomic mass is 16.7. The van der Waals surface area contributed by atoms with E-state index in [1.807, 2.05) is 0 Å². The molecule has 47 heavy (non-hydrogen) atoms. The Balaban J connectivity index is 1.13. The molecule has 4 unspecified atom stereocenters. The van der Waals surface area contributed by atoms with E-state index in [1.165, 1.54) is 6.92 Å². The van der Waals surface area contributed by atoms with Crippen molar-refractivity contribution in [2.45, 2.75) is 173 Å². The van der Waals surface area contributed by atoms with Gasteiger partial charge >= 0.3 is 5.97 Å². The van der Waals surface area contributed by atoms with Gasteiger partial charge in [0.25, 0.3) is 0 Å². The van der Waals surface area contributed by atoms with Crippen LogP contribution in [0.15, 0.2) is 0 Å². The fraction of sp³-hybridized carbons (Fsp3) is 0.973. The molecular weight excluding hydrogens is 604 g/mol. The van der Waals surface area contributed by atoms with Crippen LogP contribution in [-0.2, 0) is 28.5 Å². The predicted molar refractivity (Wildman–Crippen MR) is 168 cm³/mol. The van der Waals surface area contributed by atoms with Gasteiger partial charge in [-0.05, 0) is 106 Å². The highest BCUT2D eigenvalue weighted by Gasteiger charge is 2.87. The zero-order valence-corrected chi connectivity index (χ0v) is 29.6. The van der Waals surface area contributed by atoms with Crippen molar-refractivity contribution in [3.63, 3.8) is 0 Å². The van der Waals surface area contributed by atoms with E-state index in [4.69, 9.17) is 23.7 Å². The maximum absolute atomic E-state index is 12.9. The van der Waals surface area contributed by atoms with Crippen molar-refractivity contribution in [3.05, 3.63) is 0 Å². The Bertz CT molecular complexity index is 1330. The largest absolute Gasteiger partial charge is 0.459 e. The molecule has 2 bridgehead atoms. The van der Waals surface area contributed by atoms with E-state index in [-0.39, 0.29) is 57.8 Å². The third-order valence-corrected chi connectivity index (χ3v) is 16.4. The molecule has 0 aromatic rings. The second-order valence-corrected chi connectivity index (χ2v) is 18.9. The average molecular weight is 663 g/mol. The van der Waals surface area contributed by atoms with Crippen molar-refractivity contribution >= 4 is 5.97 Å². The van der Waals surface area contributed by atoms with E-state index < -0.39 is 47.7 Å². The smallest absolute Gasteiger partial charge is 0.303 e. The number of fused-ring (bicyclic) bond motifs is 7. The van der Waals surface area contributed by atoms with E-state index >= 15 is 0 Å². The minimum absolute atomic E-state index is 0.0310. The molecule has 2 spiro atoms.